The van der Waals surface area contributed by atoms with Crippen LogP contribution in [0.3, 0.4) is 0 Å². The fourth-order valence-electron chi connectivity index (χ4n) is 5.04. The summed E-state index contributed by atoms with van der Waals surface area (Å²) in [6.07, 6.45) is 15.3. The van der Waals surface area contributed by atoms with E-state index in [2.05, 4.69) is 32.9 Å². The van der Waals surface area contributed by atoms with E-state index in [4.69, 9.17) is 0 Å². The smallest absolute Gasteiger partial charge is 0.0145 e. The van der Waals surface area contributed by atoms with Gasteiger partial charge in [0.05, 0.1) is 0 Å². The van der Waals surface area contributed by atoms with Crippen LogP contribution >= 0.6 is 0 Å². The number of hydrogen-bond donors (Lipinski definition) is 0. The van der Waals surface area contributed by atoms with Gasteiger partial charge in [-0.3, -0.25) is 0 Å². The van der Waals surface area contributed by atoms with Crippen LogP contribution in [0.25, 0.3) is 0 Å². The molecule has 0 radical (unpaired) electrons. The third-order valence-electron chi connectivity index (χ3n) is 6.30. The van der Waals surface area contributed by atoms with Crippen molar-refractivity contribution >= 4 is 0 Å². The first-order chi connectivity index (χ1) is 8.71. The van der Waals surface area contributed by atoms with Gasteiger partial charge < -0.3 is 0 Å². The van der Waals surface area contributed by atoms with Crippen LogP contribution in [0.1, 0.15) is 65.7 Å². The highest BCUT2D eigenvalue weighted by Crippen LogP contribution is 2.67. The number of hydrogen-bond acceptors (Lipinski definition) is 0. The Morgan fingerprint density at radius 1 is 1.28 bits per heavy atom. The Kier molecular flexibility index (Phi) is 3.32. The summed E-state index contributed by atoms with van der Waals surface area (Å²) in [5, 5.41) is 0. The van der Waals surface area contributed by atoms with E-state index in [0.717, 1.165) is 35.0 Å². The Bertz CT molecular complexity index is 329. The highest BCUT2D eigenvalue weighted by atomic mass is 14.6. The Balaban J connectivity index is 1.56. The maximum Gasteiger partial charge on any atom is -0.0145 e. The van der Waals surface area contributed by atoms with Gasteiger partial charge in [-0.05, 0) is 60.7 Å². The Morgan fingerprint density at radius 2 is 2.11 bits per heavy atom. The molecule has 1 spiro atoms. The molecule has 3 aliphatic carbocycles. The van der Waals surface area contributed by atoms with E-state index in [-0.39, 0.29) is 0 Å². The van der Waals surface area contributed by atoms with E-state index in [1.54, 1.807) is 0 Å². The Hall–Kier alpha value is -0.260. The van der Waals surface area contributed by atoms with Crippen molar-refractivity contribution in [3.8, 4) is 0 Å². The van der Waals surface area contributed by atoms with Crippen LogP contribution in [0.15, 0.2) is 12.2 Å². The van der Waals surface area contributed by atoms with E-state index >= 15 is 0 Å². The molecule has 0 amide bonds. The lowest BCUT2D eigenvalue weighted by Crippen LogP contribution is -2.20. The molecule has 0 bridgehead atoms. The van der Waals surface area contributed by atoms with Crippen molar-refractivity contribution in [2.24, 2.45) is 35.0 Å². The lowest BCUT2D eigenvalue weighted by Gasteiger charge is -2.27. The van der Waals surface area contributed by atoms with Crippen molar-refractivity contribution in [3.63, 3.8) is 0 Å². The maximum atomic E-state index is 2.59. The Morgan fingerprint density at radius 3 is 2.78 bits per heavy atom. The summed E-state index contributed by atoms with van der Waals surface area (Å²) in [4.78, 5) is 0. The molecule has 6 unspecified atom stereocenters. The standard InChI is InChI=1S/C18H30/c1-4-7-16-12-18(16)9-6-8-17(18)13(3)10-15-11-14(15)5-2/h6,8,13-17H,4-5,7,9-12H2,1-3H3. The summed E-state index contributed by atoms with van der Waals surface area (Å²) in [5.74, 6) is 5.09. The summed E-state index contributed by atoms with van der Waals surface area (Å²) in [6, 6.07) is 0. The molecule has 0 heterocycles. The van der Waals surface area contributed by atoms with E-state index in [9.17, 15) is 0 Å². The van der Waals surface area contributed by atoms with Gasteiger partial charge in [0.2, 0.25) is 0 Å². The van der Waals surface area contributed by atoms with Gasteiger partial charge in [0.1, 0.15) is 0 Å². The number of rotatable bonds is 6. The molecule has 18 heavy (non-hydrogen) atoms. The molecule has 0 nitrogen and oxygen atoms in total. The van der Waals surface area contributed by atoms with Crippen LogP contribution in [-0.2, 0) is 0 Å². The molecule has 0 aliphatic heterocycles. The van der Waals surface area contributed by atoms with Gasteiger partial charge >= 0.3 is 0 Å². The summed E-state index contributed by atoms with van der Waals surface area (Å²) in [5.41, 5.74) is 0.742. The van der Waals surface area contributed by atoms with Crippen LogP contribution in [-0.4, -0.2) is 0 Å². The minimum Gasteiger partial charge on any atom is -0.0876 e. The predicted molar refractivity (Wildman–Crippen MR) is 78.4 cm³/mol. The summed E-state index contributed by atoms with van der Waals surface area (Å²) < 4.78 is 0. The maximum absolute atomic E-state index is 2.59. The molecular weight excluding hydrogens is 216 g/mol. The Labute approximate surface area is 113 Å². The fourth-order valence-corrected chi connectivity index (χ4v) is 5.04. The fraction of sp³-hybridized carbons (Fsp3) is 0.889. The highest BCUT2D eigenvalue weighted by molar-refractivity contribution is 5.20. The average molecular weight is 246 g/mol. The topological polar surface area (TPSA) is 0 Å². The first-order valence-corrected chi connectivity index (χ1v) is 8.38. The van der Waals surface area contributed by atoms with Crippen molar-refractivity contribution < 1.29 is 0 Å². The molecule has 6 atom stereocenters. The van der Waals surface area contributed by atoms with Gasteiger partial charge in [-0.2, -0.15) is 0 Å². The van der Waals surface area contributed by atoms with Crippen LogP contribution in [0.4, 0.5) is 0 Å². The zero-order chi connectivity index (χ0) is 12.8. The molecule has 0 aromatic rings. The molecule has 2 fully saturated rings. The molecule has 102 valence electrons. The molecule has 3 aliphatic rings. The van der Waals surface area contributed by atoms with Crippen molar-refractivity contribution in [1.82, 2.24) is 0 Å². The lowest BCUT2D eigenvalue weighted by molar-refractivity contribution is 0.246. The largest absolute Gasteiger partial charge is 0.0876 e. The second-order valence-electron chi connectivity index (χ2n) is 7.46. The first kappa shape index (κ1) is 12.8. The molecule has 2 saturated carbocycles. The second-order valence-corrected chi connectivity index (χ2v) is 7.46. The molecular formula is C18H30. The van der Waals surface area contributed by atoms with Crippen molar-refractivity contribution in [2.75, 3.05) is 0 Å². The van der Waals surface area contributed by atoms with E-state index in [0.29, 0.717) is 0 Å². The van der Waals surface area contributed by atoms with Crippen LogP contribution < -0.4 is 0 Å². The van der Waals surface area contributed by atoms with Gasteiger partial charge in [0, 0.05) is 0 Å². The average Bonchev–Trinajstić information content (AvgIpc) is 3.18. The van der Waals surface area contributed by atoms with Crippen LogP contribution in [0, 0.1) is 35.0 Å². The predicted octanol–water partition coefficient (Wildman–Crippen LogP) is 5.44. The third-order valence-corrected chi connectivity index (χ3v) is 6.30. The van der Waals surface area contributed by atoms with Crippen molar-refractivity contribution in [1.29, 1.82) is 0 Å². The zero-order valence-corrected chi connectivity index (χ0v) is 12.5. The first-order valence-electron chi connectivity index (χ1n) is 8.38. The van der Waals surface area contributed by atoms with Crippen molar-refractivity contribution in [3.05, 3.63) is 12.2 Å². The van der Waals surface area contributed by atoms with E-state index < -0.39 is 0 Å². The molecule has 0 saturated heterocycles. The third kappa shape index (κ3) is 2.06. The minimum atomic E-state index is 0.742. The van der Waals surface area contributed by atoms with Gasteiger partial charge in [0.25, 0.3) is 0 Å². The highest BCUT2D eigenvalue weighted by Gasteiger charge is 2.59. The second kappa shape index (κ2) is 4.69. The summed E-state index contributed by atoms with van der Waals surface area (Å²) in [6.45, 7) is 7.25. The molecule has 0 heteroatoms. The zero-order valence-electron chi connectivity index (χ0n) is 12.5. The SMILES string of the molecule is CCCC1CC12CC=CC2C(C)CC1CC1CC. The van der Waals surface area contributed by atoms with Gasteiger partial charge in [0.15, 0.2) is 0 Å². The molecule has 0 aromatic heterocycles. The van der Waals surface area contributed by atoms with Crippen molar-refractivity contribution in [2.45, 2.75) is 65.7 Å². The molecule has 0 N–H and O–H groups in total. The van der Waals surface area contributed by atoms with Crippen LogP contribution in [0.5, 0.6) is 0 Å². The van der Waals surface area contributed by atoms with E-state index in [1.807, 2.05) is 0 Å². The lowest BCUT2D eigenvalue weighted by atomic mass is 9.78. The normalized spacial score (nSPS) is 46.6. The van der Waals surface area contributed by atoms with Gasteiger partial charge in [-0.25, -0.2) is 0 Å². The molecule has 3 rings (SSSR count). The van der Waals surface area contributed by atoms with Crippen LogP contribution in [0.2, 0.25) is 0 Å². The summed E-state index contributed by atoms with van der Waals surface area (Å²) >= 11 is 0. The molecule has 0 aromatic carbocycles. The summed E-state index contributed by atoms with van der Waals surface area (Å²) in [7, 11) is 0. The monoisotopic (exact) mass is 246 g/mol. The van der Waals surface area contributed by atoms with Gasteiger partial charge in [-0.1, -0.05) is 52.2 Å². The minimum absolute atomic E-state index is 0.742. The van der Waals surface area contributed by atoms with E-state index in [1.165, 1.54) is 44.9 Å². The quantitative estimate of drug-likeness (QED) is 0.547. The van der Waals surface area contributed by atoms with Gasteiger partial charge in [-0.15, -0.1) is 0 Å². The number of allylic oxidation sites excluding steroid dienone is 2.